The van der Waals surface area contributed by atoms with E-state index in [0.29, 0.717) is 44.0 Å². The third-order valence-corrected chi connectivity index (χ3v) is 6.98. The highest BCUT2D eigenvalue weighted by Crippen LogP contribution is 2.22. The van der Waals surface area contributed by atoms with E-state index in [9.17, 15) is 13.2 Å². The Morgan fingerprint density at radius 3 is 2.38 bits per heavy atom. The van der Waals surface area contributed by atoms with Crippen molar-refractivity contribution >= 4 is 27.7 Å². The second-order valence-corrected chi connectivity index (χ2v) is 11.1. The summed E-state index contributed by atoms with van der Waals surface area (Å²) >= 11 is 1.80. The molecular weight excluding hydrogens is 372 g/mol. The lowest BCUT2D eigenvalue weighted by Crippen LogP contribution is -2.41. The molecule has 8 heteroatoms. The first-order valence-electron chi connectivity index (χ1n) is 8.74. The van der Waals surface area contributed by atoms with Gasteiger partial charge in [0, 0.05) is 35.7 Å². The van der Waals surface area contributed by atoms with Crippen molar-refractivity contribution in [2.45, 2.75) is 31.3 Å². The van der Waals surface area contributed by atoms with Crippen molar-refractivity contribution in [3.8, 4) is 0 Å². The lowest BCUT2D eigenvalue weighted by Gasteiger charge is -2.26. The zero-order valence-corrected chi connectivity index (χ0v) is 17.3. The second kappa shape index (κ2) is 9.21. The van der Waals surface area contributed by atoms with E-state index in [0.717, 1.165) is 5.75 Å². The van der Waals surface area contributed by atoms with Crippen LogP contribution in [-0.4, -0.2) is 62.0 Å². The minimum atomic E-state index is -3.35. The highest BCUT2D eigenvalue weighted by molar-refractivity contribution is 8.00. The molecule has 0 aromatic heterocycles. The average Bonchev–Trinajstić information content (AvgIpc) is 2.59. The lowest BCUT2D eigenvalue weighted by atomic mass is 10.1. The molecule has 0 saturated carbocycles. The van der Waals surface area contributed by atoms with Crippen molar-refractivity contribution in [2.75, 3.05) is 38.6 Å². The third kappa shape index (κ3) is 6.90. The summed E-state index contributed by atoms with van der Waals surface area (Å²) in [4.78, 5) is 12.2. The van der Waals surface area contributed by atoms with Crippen molar-refractivity contribution in [3.63, 3.8) is 0 Å². The molecule has 1 heterocycles. The number of nitrogens with zero attached hydrogens (tertiary/aromatic N) is 1. The SMILES string of the molecule is CC(C)(C)SCCNC(=O)c1ccc(CS(=O)(=O)N2CCOCC2)cc1. The van der Waals surface area contributed by atoms with Crippen LogP contribution in [0.3, 0.4) is 0 Å². The van der Waals surface area contributed by atoms with Gasteiger partial charge in [0.25, 0.3) is 5.91 Å². The number of amides is 1. The summed E-state index contributed by atoms with van der Waals surface area (Å²) in [7, 11) is -3.35. The molecule has 1 aliphatic heterocycles. The molecule has 1 saturated heterocycles. The first kappa shape index (κ1) is 21.2. The van der Waals surface area contributed by atoms with Crippen LogP contribution in [0.1, 0.15) is 36.7 Å². The maximum atomic E-state index is 12.4. The highest BCUT2D eigenvalue weighted by Gasteiger charge is 2.24. The molecule has 26 heavy (non-hydrogen) atoms. The van der Waals surface area contributed by atoms with Crippen molar-refractivity contribution < 1.29 is 17.9 Å². The summed E-state index contributed by atoms with van der Waals surface area (Å²) in [6.07, 6.45) is 0. The molecule has 0 atom stereocenters. The standard InChI is InChI=1S/C18H28N2O4S2/c1-18(2,3)25-13-8-19-17(21)16-6-4-15(5-7-16)14-26(22,23)20-9-11-24-12-10-20/h4-7H,8-14H2,1-3H3,(H,19,21). The van der Waals surface area contributed by atoms with Gasteiger partial charge in [-0.15, -0.1) is 0 Å². The molecule has 0 unspecified atom stereocenters. The van der Waals surface area contributed by atoms with Crippen LogP contribution in [0.15, 0.2) is 24.3 Å². The van der Waals surface area contributed by atoms with Gasteiger partial charge in [-0.25, -0.2) is 8.42 Å². The molecular formula is C18H28N2O4S2. The first-order valence-corrected chi connectivity index (χ1v) is 11.3. The molecule has 1 fully saturated rings. The molecule has 146 valence electrons. The summed E-state index contributed by atoms with van der Waals surface area (Å²) in [6.45, 7) is 8.70. The Bertz CT molecular complexity index is 691. The Hall–Kier alpha value is -1.09. The molecule has 1 N–H and O–H groups in total. The highest BCUT2D eigenvalue weighted by atomic mass is 32.2. The summed E-state index contributed by atoms with van der Waals surface area (Å²) in [5.74, 6) is 0.657. The minimum absolute atomic E-state index is 0.0584. The Kier molecular flexibility index (Phi) is 7.52. The number of carbonyl (C=O) groups is 1. The Balaban J connectivity index is 1.86. The number of hydrogen-bond donors (Lipinski definition) is 1. The third-order valence-electron chi connectivity index (χ3n) is 3.85. The van der Waals surface area contributed by atoms with Crippen LogP contribution in [0.25, 0.3) is 0 Å². The average molecular weight is 401 g/mol. The van der Waals surface area contributed by atoms with E-state index < -0.39 is 10.0 Å². The maximum absolute atomic E-state index is 12.4. The fourth-order valence-electron chi connectivity index (χ4n) is 2.50. The fourth-order valence-corrected chi connectivity index (χ4v) is 4.82. The van der Waals surface area contributed by atoms with Crippen LogP contribution in [0.2, 0.25) is 0 Å². The zero-order valence-electron chi connectivity index (χ0n) is 15.7. The van der Waals surface area contributed by atoms with E-state index >= 15 is 0 Å². The Morgan fingerprint density at radius 2 is 1.81 bits per heavy atom. The van der Waals surface area contributed by atoms with E-state index in [1.54, 1.807) is 36.0 Å². The lowest BCUT2D eigenvalue weighted by molar-refractivity contribution is 0.0729. The van der Waals surface area contributed by atoms with E-state index in [-0.39, 0.29) is 16.4 Å². The largest absolute Gasteiger partial charge is 0.379 e. The van der Waals surface area contributed by atoms with Crippen LogP contribution < -0.4 is 5.32 Å². The van der Waals surface area contributed by atoms with Crippen LogP contribution in [0, 0.1) is 0 Å². The number of morpholine rings is 1. The molecule has 1 amide bonds. The summed E-state index contributed by atoms with van der Waals surface area (Å²) in [5.41, 5.74) is 1.22. The number of rotatable bonds is 7. The molecule has 0 aliphatic carbocycles. The van der Waals surface area contributed by atoms with E-state index in [1.807, 2.05) is 0 Å². The van der Waals surface area contributed by atoms with Gasteiger partial charge in [-0.1, -0.05) is 32.9 Å². The van der Waals surface area contributed by atoms with Crippen LogP contribution >= 0.6 is 11.8 Å². The van der Waals surface area contributed by atoms with Gasteiger partial charge in [0.05, 0.1) is 19.0 Å². The van der Waals surface area contributed by atoms with Gasteiger partial charge in [-0.2, -0.15) is 16.1 Å². The van der Waals surface area contributed by atoms with Gasteiger partial charge in [0.1, 0.15) is 0 Å². The van der Waals surface area contributed by atoms with Crippen LogP contribution in [0.4, 0.5) is 0 Å². The predicted octanol–water partition coefficient (Wildman–Crippen LogP) is 2.11. The van der Waals surface area contributed by atoms with Crippen molar-refractivity contribution in [1.82, 2.24) is 9.62 Å². The van der Waals surface area contributed by atoms with Crippen LogP contribution in [0.5, 0.6) is 0 Å². The molecule has 1 aromatic carbocycles. The quantitative estimate of drug-likeness (QED) is 0.710. The second-order valence-electron chi connectivity index (χ2n) is 7.18. The van der Waals surface area contributed by atoms with Crippen LogP contribution in [-0.2, 0) is 20.5 Å². The summed E-state index contributed by atoms with van der Waals surface area (Å²) in [5, 5.41) is 2.89. The molecule has 1 aliphatic rings. The molecule has 0 spiro atoms. The summed E-state index contributed by atoms with van der Waals surface area (Å²) < 4.78 is 31.7. The Labute approximate surface area is 160 Å². The minimum Gasteiger partial charge on any atom is -0.379 e. The molecule has 1 aromatic rings. The van der Waals surface area contributed by atoms with Gasteiger partial charge >= 0.3 is 0 Å². The topological polar surface area (TPSA) is 75.7 Å². The maximum Gasteiger partial charge on any atom is 0.251 e. The number of sulfonamides is 1. The number of thioether (sulfide) groups is 1. The van der Waals surface area contributed by atoms with Crippen molar-refractivity contribution in [2.24, 2.45) is 0 Å². The van der Waals surface area contributed by atoms with Crippen molar-refractivity contribution in [3.05, 3.63) is 35.4 Å². The monoisotopic (exact) mass is 400 g/mol. The van der Waals surface area contributed by atoms with E-state index in [4.69, 9.17) is 4.74 Å². The Morgan fingerprint density at radius 1 is 1.19 bits per heavy atom. The van der Waals surface area contributed by atoms with E-state index in [1.165, 1.54) is 4.31 Å². The van der Waals surface area contributed by atoms with Gasteiger partial charge in [-0.3, -0.25) is 4.79 Å². The first-order chi connectivity index (χ1) is 12.2. The number of carbonyl (C=O) groups excluding carboxylic acids is 1. The smallest absolute Gasteiger partial charge is 0.251 e. The molecule has 0 bridgehead atoms. The van der Waals surface area contributed by atoms with Gasteiger partial charge in [-0.05, 0) is 17.7 Å². The molecule has 2 rings (SSSR count). The molecule has 6 nitrogen and oxygen atoms in total. The zero-order chi connectivity index (χ0) is 19.2. The van der Waals surface area contributed by atoms with Gasteiger partial charge in [0.15, 0.2) is 0 Å². The van der Waals surface area contributed by atoms with Gasteiger partial charge < -0.3 is 10.1 Å². The van der Waals surface area contributed by atoms with Gasteiger partial charge in [0.2, 0.25) is 10.0 Å². The number of ether oxygens (including phenoxy) is 1. The normalized spacial score (nSPS) is 16.4. The molecule has 0 radical (unpaired) electrons. The number of benzene rings is 1. The summed E-state index contributed by atoms with van der Waals surface area (Å²) in [6, 6.07) is 6.76. The number of nitrogens with one attached hydrogen (secondary N) is 1. The number of hydrogen-bond acceptors (Lipinski definition) is 5. The predicted molar refractivity (Wildman–Crippen MR) is 106 cm³/mol. The van der Waals surface area contributed by atoms with Crippen molar-refractivity contribution in [1.29, 1.82) is 0 Å². The van der Waals surface area contributed by atoms with E-state index in [2.05, 4.69) is 26.1 Å². The fraction of sp³-hybridized carbons (Fsp3) is 0.611.